The van der Waals surface area contributed by atoms with E-state index in [1.807, 2.05) is 42.2 Å². The highest BCUT2D eigenvalue weighted by molar-refractivity contribution is 7.21. The van der Waals surface area contributed by atoms with Gasteiger partial charge in [-0.15, -0.1) is 36.2 Å². The fourth-order valence-corrected chi connectivity index (χ4v) is 3.76. The third-order valence-electron chi connectivity index (χ3n) is 4.08. The Bertz CT molecular complexity index is 831. The van der Waals surface area contributed by atoms with E-state index in [1.165, 1.54) is 0 Å². The van der Waals surface area contributed by atoms with Gasteiger partial charge in [-0.3, -0.25) is 4.79 Å². The SMILES string of the molecule is CC1CNCCN1C(=O)c1ccc(-c2nc3ccccc3s2)o1.Cl.Cl. The Morgan fingerprint density at radius 3 is 2.84 bits per heavy atom. The molecule has 1 aromatic carbocycles. The summed E-state index contributed by atoms with van der Waals surface area (Å²) in [6, 6.07) is 11.7. The fraction of sp³-hybridized carbons (Fsp3) is 0.294. The number of carbonyl (C=O) groups is 1. The minimum absolute atomic E-state index is 0. The average Bonchev–Trinajstić information content (AvgIpc) is 3.21. The van der Waals surface area contributed by atoms with Crippen LogP contribution in [0.2, 0.25) is 0 Å². The van der Waals surface area contributed by atoms with Gasteiger partial charge in [-0.05, 0) is 31.2 Å². The van der Waals surface area contributed by atoms with Crippen LogP contribution in [0.5, 0.6) is 0 Å². The Kier molecular flexibility index (Phi) is 6.46. The molecule has 1 saturated heterocycles. The number of thiazole rings is 1. The van der Waals surface area contributed by atoms with Crippen molar-refractivity contribution in [1.82, 2.24) is 15.2 Å². The van der Waals surface area contributed by atoms with Crippen LogP contribution in [-0.2, 0) is 0 Å². The summed E-state index contributed by atoms with van der Waals surface area (Å²) in [7, 11) is 0. The summed E-state index contributed by atoms with van der Waals surface area (Å²) in [4.78, 5) is 19.0. The predicted octanol–water partition coefficient (Wildman–Crippen LogP) is 3.83. The molecule has 3 aromatic rings. The van der Waals surface area contributed by atoms with Crippen molar-refractivity contribution in [3.8, 4) is 10.8 Å². The molecule has 25 heavy (non-hydrogen) atoms. The van der Waals surface area contributed by atoms with Crippen LogP contribution in [0.1, 0.15) is 17.5 Å². The number of hydrogen-bond donors (Lipinski definition) is 1. The maximum Gasteiger partial charge on any atom is 0.289 e. The molecular formula is C17H19Cl2N3O2S. The van der Waals surface area contributed by atoms with E-state index >= 15 is 0 Å². The standard InChI is InChI=1S/C17H17N3O2S.2ClH/c1-11-10-18-8-9-20(11)17(21)14-7-6-13(22-14)16-19-12-4-2-3-5-15(12)23-16;;/h2-7,11,18H,8-10H2,1H3;2*1H. The van der Waals surface area contributed by atoms with Crippen molar-refractivity contribution in [1.29, 1.82) is 0 Å². The summed E-state index contributed by atoms with van der Waals surface area (Å²) in [5.74, 6) is 0.983. The normalized spacial score (nSPS) is 17.0. The maximum absolute atomic E-state index is 12.6. The van der Waals surface area contributed by atoms with Crippen molar-refractivity contribution in [2.75, 3.05) is 19.6 Å². The van der Waals surface area contributed by atoms with Crippen molar-refractivity contribution in [3.05, 3.63) is 42.2 Å². The Morgan fingerprint density at radius 2 is 2.08 bits per heavy atom. The molecule has 1 unspecified atom stereocenters. The second kappa shape index (κ2) is 8.19. The van der Waals surface area contributed by atoms with Gasteiger partial charge in [-0.2, -0.15) is 0 Å². The van der Waals surface area contributed by atoms with E-state index in [0.29, 0.717) is 18.1 Å². The molecule has 0 spiro atoms. The first-order valence-corrected chi connectivity index (χ1v) is 8.51. The Hall–Kier alpha value is -1.60. The lowest BCUT2D eigenvalue weighted by molar-refractivity contribution is 0.0624. The van der Waals surface area contributed by atoms with Gasteiger partial charge in [0.15, 0.2) is 16.5 Å². The minimum atomic E-state index is -0.0497. The van der Waals surface area contributed by atoms with E-state index in [9.17, 15) is 4.79 Å². The van der Waals surface area contributed by atoms with Crippen LogP contribution in [0, 0.1) is 0 Å². The molecule has 0 saturated carbocycles. The van der Waals surface area contributed by atoms with Crippen LogP contribution in [0.25, 0.3) is 21.0 Å². The molecule has 1 atom stereocenters. The van der Waals surface area contributed by atoms with Gasteiger partial charge in [0.25, 0.3) is 5.91 Å². The number of rotatable bonds is 2. The van der Waals surface area contributed by atoms with Gasteiger partial charge in [0.1, 0.15) is 0 Å². The predicted molar refractivity (Wildman–Crippen MR) is 105 cm³/mol. The fourth-order valence-electron chi connectivity index (χ4n) is 2.83. The number of para-hydroxylation sites is 1. The number of benzene rings is 1. The molecule has 5 nitrogen and oxygen atoms in total. The number of amides is 1. The zero-order valence-electron chi connectivity index (χ0n) is 13.6. The quantitative estimate of drug-likeness (QED) is 0.710. The number of aromatic nitrogens is 1. The van der Waals surface area contributed by atoms with Crippen LogP contribution in [-0.4, -0.2) is 41.5 Å². The molecule has 4 rings (SSSR count). The molecule has 3 heterocycles. The third-order valence-corrected chi connectivity index (χ3v) is 5.13. The molecular weight excluding hydrogens is 381 g/mol. The average molecular weight is 400 g/mol. The summed E-state index contributed by atoms with van der Waals surface area (Å²) in [5.41, 5.74) is 0.951. The molecule has 0 aliphatic carbocycles. The number of furan rings is 1. The second-order valence-corrected chi connectivity index (χ2v) is 6.73. The summed E-state index contributed by atoms with van der Waals surface area (Å²) < 4.78 is 6.91. The number of carbonyl (C=O) groups excluding carboxylic acids is 1. The second-order valence-electron chi connectivity index (χ2n) is 5.70. The number of nitrogens with one attached hydrogen (secondary N) is 1. The van der Waals surface area contributed by atoms with Crippen molar-refractivity contribution in [3.63, 3.8) is 0 Å². The number of fused-ring (bicyclic) bond motifs is 1. The number of piperazine rings is 1. The largest absolute Gasteiger partial charge is 0.448 e. The first kappa shape index (κ1) is 19.7. The van der Waals surface area contributed by atoms with Gasteiger partial charge in [0.05, 0.1) is 10.2 Å². The van der Waals surface area contributed by atoms with Gasteiger partial charge in [0, 0.05) is 25.7 Å². The van der Waals surface area contributed by atoms with E-state index in [4.69, 9.17) is 4.42 Å². The van der Waals surface area contributed by atoms with Crippen molar-refractivity contribution < 1.29 is 9.21 Å². The molecule has 1 amide bonds. The number of hydrogen-bond acceptors (Lipinski definition) is 5. The Labute approximate surface area is 162 Å². The lowest BCUT2D eigenvalue weighted by atomic mass is 10.2. The molecule has 0 radical (unpaired) electrons. The molecule has 0 bridgehead atoms. The Morgan fingerprint density at radius 1 is 1.28 bits per heavy atom. The smallest absolute Gasteiger partial charge is 0.289 e. The number of halogens is 2. The van der Waals surface area contributed by atoms with Crippen molar-refractivity contribution in [2.24, 2.45) is 0 Å². The lowest BCUT2D eigenvalue weighted by Crippen LogP contribution is -2.52. The van der Waals surface area contributed by atoms with Crippen LogP contribution in [0.3, 0.4) is 0 Å². The Balaban J connectivity index is 0.00000113. The van der Waals surface area contributed by atoms with E-state index in [2.05, 4.69) is 10.3 Å². The first-order chi connectivity index (χ1) is 11.2. The van der Waals surface area contributed by atoms with Gasteiger partial charge in [0.2, 0.25) is 0 Å². The monoisotopic (exact) mass is 399 g/mol. The molecule has 8 heteroatoms. The van der Waals surface area contributed by atoms with Gasteiger partial charge in [-0.25, -0.2) is 4.98 Å². The highest BCUT2D eigenvalue weighted by atomic mass is 35.5. The molecule has 1 N–H and O–H groups in total. The van der Waals surface area contributed by atoms with E-state index in [1.54, 1.807) is 17.4 Å². The zero-order chi connectivity index (χ0) is 15.8. The molecule has 2 aromatic heterocycles. The zero-order valence-corrected chi connectivity index (χ0v) is 16.0. The molecule has 1 aliphatic rings. The topological polar surface area (TPSA) is 58.4 Å². The van der Waals surface area contributed by atoms with Crippen LogP contribution in [0.15, 0.2) is 40.8 Å². The maximum atomic E-state index is 12.6. The van der Waals surface area contributed by atoms with Crippen LogP contribution >= 0.6 is 36.2 Å². The summed E-state index contributed by atoms with van der Waals surface area (Å²) in [6.45, 7) is 4.39. The highest BCUT2D eigenvalue weighted by Crippen LogP contribution is 2.31. The lowest BCUT2D eigenvalue weighted by Gasteiger charge is -2.33. The van der Waals surface area contributed by atoms with Gasteiger partial charge < -0.3 is 14.6 Å². The van der Waals surface area contributed by atoms with Gasteiger partial charge in [-0.1, -0.05) is 12.1 Å². The van der Waals surface area contributed by atoms with E-state index < -0.39 is 0 Å². The summed E-state index contributed by atoms with van der Waals surface area (Å²) >= 11 is 1.57. The number of nitrogens with zero attached hydrogens (tertiary/aromatic N) is 2. The van der Waals surface area contributed by atoms with Crippen molar-refractivity contribution >= 4 is 52.3 Å². The van der Waals surface area contributed by atoms with Gasteiger partial charge >= 0.3 is 0 Å². The van der Waals surface area contributed by atoms with Crippen molar-refractivity contribution in [2.45, 2.75) is 13.0 Å². The summed E-state index contributed by atoms with van der Waals surface area (Å²) in [6.07, 6.45) is 0. The van der Waals surface area contributed by atoms with E-state index in [-0.39, 0.29) is 36.8 Å². The minimum Gasteiger partial charge on any atom is -0.448 e. The molecule has 1 aliphatic heterocycles. The van der Waals surface area contributed by atoms with Crippen LogP contribution in [0.4, 0.5) is 0 Å². The highest BCUT2D eigenvalue weighted by Gasteiger charge is 2.26. The van der Waals surface area contributed by atoms with Crippen LogP contribution < -0.4 is 5.32 Å². The molecule has 134 valence electrons. The third kappa shape index (κ3) is 3.82. The summed E-state index contributed by atoms with van der Waals surface area (Å²) in [5, 5.41) is 4.09. The first-order valence-electron chi connectivity index (χ1n) is 7.70. The molecule has 1 fully saturated rings. The van der Waals surface area contributed by atoms with E-state index in [0.717, 1.165) is 28.3 Å².